The zero-order valence-electron chi connectivity index (χ0n) is 21.3. The first-order valence-corrected chi connectivity index (χ1v) is 13.2. The Morgan fingerprint density at radius 1 is 1.05 bits per heavy atom. The topological polar surface area (TPSA) is 81.6 Å². The van der Waals surface area contributed by atoms with Crippen molar-refractivity contribution < 1.29 is 18.6 Å². The number of nitrogens with zero attached hydrogens (tertiary/aromatic N) is 4. The van der Waals surface area contributed by atoms with E-state index in [1.165, 1.54) is 11.8 Å². The average Bonchev–Trinajstić information content (AvgIpc) is 2.97. The van der Waals surface area contributed by atoms with E-state index >= 15 is 0 Å². The summed E-state index contributed by atoms with van der Waals surface area (Å²) in [6.45, 7) is 4.75. The first-order valence-electron chi connectivity index (χ1n) is 13.2. The lowest BCUT2D eigenvalue weighted by Crippen LogP contribution is -2.61. The lowest BCUT2D eigenvalue weighted by Gasteiger charge is -2.53. The van der Waals surface area contributed by atoms with Gasteiger partial charge in [0.2, 0.25) is 5.88 Å². The first kappa shape index (κ1) is 24.5. The van der Waals surface area contributed by atoms with E-state index in [9.17, 15) is 4.39 Å². The predicted octanol–water partition coefficient (Wildman–Crippen LogP) is 3.81. The van der Waals surface area contributed by atoms with Crippen molar-refractivity contribution in [3.8, 4) is 5.88 Å². The molecule has 4 fully saturated rings. The SMILES string of the molecule is COc1ccc2ncc(F)c(CCC34CCC(NCc5ccc(N6CCOCC6)nc5)(CC3)CO4)c2n1. The number of aromatic nitrogens is 3. The van der Waals surface area contributed by atoms with Crippen molar-refractivity contribution >= 4 is 16.9 Å². The Bertz CT molecular complexity index is 1220. The predicted molar refractivity (Wildman–Crippen MR) is 138 cm³/mol. The molecule has 3 aliphatic heterocycles. The Morgan fingerprint density at radius 2 is 1.89 bits per heavy atom. The molecule has 0 radical (unpaired) electrons. The molecule has 0 amide bonds. The van der Waals surface area contributed by atoms with Gasteiger partial charge in [-0.05, 0) is 56.2 Å². The third-order valence-corrected chi connectivity index (χ3v) is 8.36. The molecule has 3 saturated heterocycles. The van der Waals surface area contributed by atoms with Crippen LogP contribution in [-0.2, 0) is 22.4 Å². The molecule has 7 rings (SSSR count). The molecule has 4 aliphatic rings. The van der Waals surface area contributed by atoms with Gasteiger partial charge >= 0.3 is 0 Å². The zero-order valence-corrected chi connectivity index (χ0v) is 21.3. The van der Waals surface area contributed by atoms with E-state index in [4.69, 9.17) is 14.2 Å². The summed E-state index contributed by atoms with van der Waals surface area (Å²) in [7, 11) is 1.56. The molecule has 9 heteroatoms. The fourth-order valence-electron chi connectivity index (χ4n) is 5.89. The first-order chi connectivity index (χ1) is 18.1. The smallest absolute Gasteiger partial charge is 0.213 e. The standard InChI is InChI=1S/C28H34FN5O3/c1-35-25-5-3-23-26(33-25)21(22(29)18-30-23)6-7-28-10-8-27(9-11-28,19-37-28)32-17-20-2-4-24(31-16-20)34-12-14-36-15-13-34/h2-5,16,18,32H,6-15,17,19H2,1H3. The molecule has 3 aromatic rings. The molecule has 196 valence electrons. The van der Waals surface area contributed by atoms with E-state index in [1.54, 1.807) is 13.2 Å². The summed E-state index contributed by atoms with van der Waals surface area (Å²) in [5.74, 6) is 1.16. The van der Waals surface area contributed by atoms with Gasteiger partial charge in [0, 0.05) is 43.0 Å². The third kappa shape index (κ3) is 5.00. The average molecular weight is 508 g/mol. The van der Waals surface area contributed by atoms with Crippen LogP contribution in [0.5, 0.6) is 5.88 Å². The second kappa shape index (κ2) is 10.1. The number of methoxy groups -OCH3 is 1. The van der Waals surface area contributed by atoms with Crippen molar-refractivity contribution in [2.75, 3.05) is 44.9 Å². The highest BCUT2D eigenvalue weighted by Crippen LogP contribution is 2.46. The van der Waals surface area contributed by atoms with Crippen molar-refractivity contribution in [2.45, 2.75) is 56.2 Å². The van der Waals surface area contributed by atoms with Crippen LogP contribution in [0.3, 0.4) is 0 Å². The van der Waals surface area contributed by atoms with Crippen molar-refractivity contribution in [3.05, 3.63) is 53.6 Å². The molecule has 2 bridgehead atoms. The maximum atomic E-state index is 14.8. The minimum atomic E-state index is -0.319. The number of hydrogen-bond acceptors (Lipinski definition) is 8. The minimum Gasteiger partial charge on any atom is -0.481 e. The molecule has 6 heterocycles. The van der Waals surface area contributed by atoms with Gasteiger partial charge in [0.25, 0.3) is 0 Å². The number of ether oxygens (including phenoxy) is 3. The quantitative estimate of drug-likeness (QED) is 0.493. The van der Waals surface area contributed by atoms with Gasteiger partial charge < -0.3 is 24.4 Å². The third-order valence-electron chi connectivity index (χ3n) is 8.36. The second-order valence-electron chi connectivity index (χ2n) is 10.5. The van der Waals surface area contributed by atoms with Crippen LogP contribution in [0, 0.1) is 5.82 Å². The lowest BCUT2D eigenvalue weighted by atomic mass is 9.69. The molecule has 0 atom stereocenters. The number of rotatable bonds is 8. The molecule has 37 heavy (non-hydrogen) atoms. The Hall–Kier alpha value is -2.88. The van der Waals surface area contributed by atoms with Crippen molar-refractivity contribution in [1.29, 1.82) is 0 Å². The highest BCUT2D eigenvalue weighted by atomic mass is 19.1. The maximum absolute atomic E-state index is 14.8. The van der Waals surface area contributed by atoms with E-state index in [0.717, 1.165) is 70.8 Å². The van der Waals surface area contributed by atoms with E-state index in [0.29, 0.717) is 35.5 Å². The Kier molecular flexibility index (Phi) is 6.69. The molecule has 0 aromatic carbocycles. The van der Waals surface area contributed by atoms with Crippen LogP contribution in [0.25, 0.3) is 11.0 Å². The zero-order chi connectivity index (χ0) is 25.3. The van der Waals surface area contributed by atoms with Gasteiger partial charge in [-0.3, -0.25) is 4.98 Å². The normalized spacial score (nSPS) is 25.5. The molecule has 3 aromatic heterocycles. The summed E-state index contributed by atoms with van der Waals surface area (Å²) in [4.78, 5) is 15.6. The monoisotopic (exact) mass is 507 g/mol. The second-order valence-corrected chi connectivity index (χ2v) is 10.5. The Labute approximate surface area is 216 Å². The van der Waals surface area contributed by atoms with Gasteiger partial charge in [-0.2, -0.15) is 0 Å². The number of fused-ring (bicyclic) bond motifs is 4. The van der Waals surface area contributed by atoms with E-state index < -0.39 is 0 Å². The van der Waals surface area contributed by atoms with Gasteiger partial charge in [0.1, 0.15) is 11.6 Å². The molecule has 8 nitrogen and oxygen atoms in total. The molecular weight excluding hydrogens is 473 g/mol. The highest BCUT2D eigenvalue weighted by molar-refractivity contribution is 5.78. The minimum absolute atomic E-state index is 0.00579. The number of nitrogens with one attached hydrogen (secondary N) is 1. The number of aryl methyl sites for hydroxylation is 1. The number of pyridine rings is 3. The van der Waals surface area contributed by atoms with Gasteiger partial charge in [-0.1, -0.05) is 6.07 Å². The van der Waals surface area contributed by atoms with Crippen LogP contribution >= 0.6 is 0 Å². The van der Waals surface area contributed by atoms with Crippen LogP contribution in [0.15, 0.2) is 36.7 Å². The summed E-state index contributed by atoms with van der Waals surface area (Å²) < 4.78 is 32.0. The summed E-state index contributed by atoms with van der Waals surface area (Å²) >= 11 is 0. The van der Waals surface area contributed by atoms with E-state index in [2.05, 4.69) is 37.3 Å². The largest absolute Gasteiger partial charge is 0.481 e. The number of halogens is 1. The van der Waals surface area contributed by atoms with Crippen LogP contribution in [0.2, 0.25) is 0 Å². The number of anilines is 1. The van der Waals surface area contributed by atoms with Crippen molar-refractivity contribution in [1.82, 2.24) is 20.3 Å². The van der Waals surface area contributed by atoms with Crippen LogP contribution < -0.4 is 15.0 Å². The number of morpholine rings is 1. The van der Waals surface area contributed by atoms with Crippen LogP contribution in [0.1, 0.15) is 43.2 Å². The summed E-state index contributed by atoms with van der Waals surface area (Å²) in [5.41, 5.74) is 2.82. The summed E-state index contributed by atoms with van der Waals surface area (Å²) in [6.07, 6.45) is 8.64. The van der Waals surface area contributed by atoms with Gasteiger partial charge in [-0.25, -0.2) is 14.4 Å². The summed E-state index contributed by atoms with van der Waals surface area (Å²) in [6, 6.07) is 7.85. The van der Waals surface area contributed by atoms with Crippen LogP contribution in [-0.4, -0.2) is 66.1 Å². The molecule has 0 unspecified atom stereocenters. The molecule has 0 spiro atoms. The fourth-order valence-corrected chi connectivity index (χ4v) is 5.89. The highest BCUT2D eigenvalue weighted by Gasteiger charge is 2.49. The van der Waals surface area contributed by atoms with Crippen molar-refractivity contribution in [3.63, 3.8) is 0 Å². The Balaban J connectivity index is 1.06. The van der Waals surface area contributed by atoms with E-state index in [-0.39, 0.29) is 17.0 Å². The lowest BCUT2D eigenvalue weighted by molar-refractivity contribution is -0.165. The van der Waals surface area contributed by atoms with Gasteiger partial charge in [0.05, 0.1) is 49.8 Å². The molecule has 1 aliphatic carbocycles. The number of hydrogen-bond donors (Lipinski definition) is 1. The van der Waals surface area contributed by atoms with Crippen molar-refractivity contribution in [2.24, 2.45) is 0 Å². The molecule has 1 N–H and O–H groups in total. The van der Waals surface area contributed by atoms with Crippen LogP contribution in [0.4, 0.5) is 10.2 Å². The maximum Gasteiger partial charge on any atom is 0.213 e. The van der Waals surface area contributed by atoms with Gasteiger partial charge in [0.15, 0.2) is 0 Å². The molecule has 1 saturated carbocycles. The fraction of sp³-hybridized carbons (Fsp3) is 0.536. The Morgan fingerprint density at radius 3 is 2.59 bits per heavy atom. The van der Waals surface area contributed by atoms with E-state index in [1.807, 2.05) is 12.3 Å². The summed E-state index contributed by atoms with van der Waals surface area (Å²) in [5, 5.41) is 3.78. The molecular formula is C28H34FN5O3. The van der Waals surface area contributed by atoms with Gasteiger partial charge in [-0.15, -0.1) is 0 Å².